The van der Waals surface area contributed by atoms with Gasteiger partial charge in [0.2, 0.25) is 0 Å². The van der Waals surface area contributed by atoms with Crippen LogP contribution >= 0.6 is 27.5 Å². The quantitative estimate of drug-likeness (QED) is 0.844. The van der Waals surface area contributed by atoms with Crippen LogP contribution < -0.4 is 4.74 Å². The summed E-state index contributed by atoms with van der Waals surface area (Å²) in [6.07, 6.45) is 1.02. The van der Waals surface area contributed by atoms with E-state index in [1.807, 2.05) is 24.3 Å². The molecule has 21 heavy (non-hydrogen) atoms. The summed E-state index contributed by atoms with van der Waals surface area (Å²) in [6.45, 7) is 0. The molecule has 0 saturated carbocycles. The summed E-state index contributed by atoms with van der Waals surface area (Å²) in [6, 6.07) is 12.2. The number of rotatable bonds is 2. The lowest BCUT2D eigenvalue weighted by atomic mass is 9.77. The molecule has 1 aliphatic carbocycles. The number of halogens is 2. The molecule has 2 unspecified atom stereocenters. The molecule has 0 spiro atoms. The van der Waals surface area contributed by atoms with E-state index in [1.54, 1.807) is 7.11 Å². The molecule has 0 heterocycles. The van der Waals surface area contributed by atoms with E-state index in [9.17, 15) is 5.11 Å². The zero-order valence-electron chi connectivity index (χ0n) is 11.6. The molecule has 3 rings (SSSR count). The van der Waals surface area contributed by atoms with Crippen LogP contribution in [0.1, 0.15) is 29.0 Å². The van der Waals surface area contributed by atoms with Crippen LogP contribution in [0.3, 0.4) is 0 Å². The summed E-state index contributed by atoms with van der Waals surface area (Å²) in [4.78, 5) is 0. The molecule has 2 aromatic rings. The Balaban J connectivity index is 2.12. The van der Waals surface area contributed by atoms with E-state index < -0.39 is 0 Å². The summed E-state index contributed by atoms with van der Waals surface area (Å²) < 4.78 is 6.39. The SMILES string of the molecule is COc1cc2c(cc1Cl)CC(O)CC2c1cccc(Br)c1. The van der Waals surface area contributed by atoms with Crippen LogP contribution in [0.5, 0.6) is 5.75 Å². The average Bonchev–Trinajstić information content (AvgIpc) is 2.45. The Kier molecular flexibility index (Phi) is 4.25. The van der Waals surface area contributed by atoms with Crippen LogP contribution in [0.25, 0.3) is 0 Å². The minimum Gasteiger partial charge on any atom is -0.495 e. The second-order valence-electron chi connectivity index (χ2n) is 5.39. The van der Waals surface area contributed by atoms with Gasteiger partial charge >= 0.3 is 0 Å². The molecule has 2 atom stereocenters. The number of methoxy groups -OCH3 is 1. The number of hydrogen-bond donors (Lipinski definition) is 1. The van der Waals surface area contributed by atoms with Gasteiger partial charge in [-0.25, -0.2) is 0 Å². The van der Waals surface area contributed by atoms with E-state index in [0.29, 0.717) is 23.6 Å². The Labute approximate surface area is 137 Å². The predicted octanol–water partition coefficient (Wildman–Crippen LogP) is 4.55. The highest BCUT2D eigenvalue weighted by Gasteiger charge is 2.28. The van der Waals surface area contributed by atoms with E-state index in [1.165, 1.54) is 11.1 Å². The summed E-state index contributed by atoms with van der Waals surface area (Å²) >= 11 is 9.73. The zero-order chi connectivity index (χ0) is 15.0. The van der Waals surface area contributed by atoms with Gasteiger partial charge in [-0.15, -0.1) is 0 Å². The predicted molar refractivity (Wildman–Crippen MR) is 88.3 cm³/mol. The van der Waals surface area contributed by atoms with Crippen molar-refractivity contribution in [3.05, 3.63) is 62.6 Å². The third-order valence-electron chi connectivity index (χ3n) is 4.00. The van der Waals surface area contributed by atoms with Crippen molar-refractivity contribution in [2.45, 2.75) is 24.9 Å². The van der Waals surface area contributed by atoms with Gasteiger partial charge < -0.3 is 9.84 Å². The van der Waals surface area contributed by atoms with Crippen molar-refractivity contribution in [1.82, 2.24) is 0 Å². The number of hydrogen-bond acceptors (Lipinski definition) is 2. The normalized spacial score (nSPS) is 21.0. The van der Waals surface area contributed by atoms with Crippen molar-refractivity contribution in [2.24, 2.45) is 0 Å². The maximum Gasteiger partial charge on any atom is 0.137 e. The second-order valence-corrected chi connectivity index (χ2v) is 6.71. The zero-order valence-corrected chi connectivity index (χ0v) is 14.0. The first-order valence-electron chi connectivity index (χ1n) is 6.88. The highest BCUT2D eigenvalue weighted by molar-refractivity contribution is 9.10. The Morgan fingerprint density at radius 1 is 1.29 bits per heavy atom. The summed E-state index contributed by atoms with van der Waals surface area (Å²) in [5.74, 6) is 0.846. The number of fused-ring (bicyclic) bond motifs is 1. The Hall–Kier alpha value is -1.03. The van der Waals surface area contributed by atoms with Crippen LogP contribution in [-0.2, 0) is 6.42 Å². The number of ether oxygens (including phenoxy) is 1. The van der Waals surface area contributed by atoms with Gasteiger partial charge in [-0.2, -0.15) is 0 Å². The van der Waals surface area contributed by atoms with Crippen molar-refractivity contribution < 1.29 is 9.84 Å². The van der Waals surface area contributed by atoms with Gasteiger partial charge in [-0.3, -0.25) is 0 Å². The van der Waals surface area contributed by atoms with Crippen LogP contribution in [0.15, 0.2) is 40.9 Å². The molecule has 1 N–H and O–H groups in total. The van der Waals surface area contributed by atoms with Crippen LogP contribution in [0, 0.1) is 0 Å². The summed E-state index contributed by atoms with van der Waals surface area (Å²) in [7, 11) is 1.62. The van der Waals surface area contributed by atoms with E-state index in [0.717, 1.165) is 10.0 Å². The molecule has 0 fully saturated rings. The number of benzene rings is 2. The van der Waals surface area contributed by atoms with Crippen LogP contribution in [0.2, 0.25) is 5.02 Å². The third kappa shape index (κ3) is 2.96. The first-order chi connectivity index (χ1) is 10.1. The van der Waals surface area contributed by atoms with Crippen molar-refractivity contribution >= 4 is 27.5 Å². The Morgan fingerprint density at radius 2 is 2.10 bits per heavy atom. The molecule has 1 aliphatic rings. The first kappa shape index (κ1) is 14.9. The summed E-state index contributed by atoms with van der Waals surface area (Å²) in [5.41, 5.74) is 3.48. The van der Waals surface area contributed by atoms with Crippen molar-refractivity contribution in [1.29, 1.82) is 0 Å². The van der Waals surface area contributed by atoms with E-state index >= 15 is 0 Å². The van der Waals surface area contributed by atoms with Crippen molar-refractivity contribution in [3.63, 3.8) is 0 Å². The van der Waals surface area contributed by atoms with Crippen LogP contribution in [-0.4, -0.2) is 18.3 Å². The molecular formula is C17H16BrClO2. The molecular weight excluding hydrogens is 352 g/mol. The molecule has 0 aromatic heterocycles. The summed E-state index contributed by atoms with van der Waals surface area (Å²) in [5, 5.41) is 10.8. The van der Waals surface area contributed by atoms with Gasteiger partial charge in [-0.05, 0) is 53.8 Å². The van der Waals surface area contributed by atoms with Gasteiger partial charge in [0.05, 0.1) is 18.2 Å². The molecule has 0 aliphatic heterocycles. The highest BCUT2D eigenvalue weighted by Crippen LogP contribution is 2.41. The number of aliphatic hydroxyl groups excluding tert-OH is 1. The van der Waals surface area contributed by atoms with Gasteiger partial charge in [0.1, 0.15) is 5.75 Å². The standard InChI is InChI=1S/C17H16BrClO2/c1-21-17-9-15-11(7-16(17)19)6-13(20)8-14(15)10-3-2-4-12(18)5-10/h2-5,7,9,13-14,20H,6,8H2,1H3. The van der Waals surface area contributed by atoms with Gasteiger partial charge in [0.15, 0.2) is 0 Å². The van der Waals surface area contributed by atoms with E-state index in [4.69, 9.17) is 16.3 Å². The van der Waals surface area contributed by atoms with Gasteiger partial charge in [-0.1, -0.05) is 39.7 Å². The van der Waals surface area contributed by atoms with Crippen molar-refractivity contribution in [3.8, 4) is 5.75 Å². The second kappa shape index (κ2) is 5.99. The lowest BCUT2D eigenvalue weighted by Crippen LogP contribution is -2.23. The lowest BCUT2D eigenvalue weighted by Gasteiger charge is -2.30. The van der Waals surface area contributed by atoms with Gasteiger partial charge in [0, 0.05) is 10.4 Å². The highest BCUT2D eigenvalue weighted by atomic mass is 79.9. The third-order valence-corrected chi connectivity index (χ3v) is 4.79. The van der Waals surface area contributed by atoms with E-state index in [-0.39, 0.29) is 12.0 Å². The molecule has 2 nitrogen and oxygen atoms in total. The first-order valence-corrected chi connectivity index (χ1v) is 8.05. The minimum atomic E-state index is -0.342. The molecule has 0 radical (unpaired) electrons. The molecule has 2 aromatic carbocycles. The lowest BCUT2D eigenvalue weighted by molar-refractivity contribution is 0.152. The topological polar surface area (TPSA) is 29.5 Å². The molecule has 110 valence electrons. The van der Waals surface area contributed by atoms with Gasteiger partial charge in [0.25, 0.3) is 0 Å². The number of aliphatic hydroxyl groups is 1. The maximum atomic E-state index is 10.2. The molecule has 0 saturated heterocycles. The maximum absolute atomic E-state index is 10.2. The Bertz CT molecular complexity index is 672. The average molecular weight is 368 g/mol. The molecule has 4 heteroatoms. The van der Waals surface area contributed by atoms with E-state index in [2.05, 4.69) is 28.1 Å². The molecule has 0 bridgehead atoms. The molecule has 0 amide bonds. The smallest absolute Gasteiger partial charge is 0.137 e. The minimum absolute atomic E-state index is 0.160. The fraction of sp³-hybridized carbons (Fsp3) is 0.294. The monoisotopic (exact) mass is 366 g/mol. The fourth-order valence-electron chi connectivity index (χ4n) is 3.04. The van der Waals surface area contributed by atoms with Crippen LogP contribution in [0.4, 0.5) is 0 Å². The Morgan fingerprint density at radius 3 is 2.81 bits per heavy atom. The fourth-order valence-corrected chi connectivity index (χ4v) is 3.72. The van der Waals surface area contributed by atoms with Crippen molar-refractivity contribution in [2.75, 3.05) is 7.11 Å². The largest absolute Gasteiger partial charge is 0.495 e.